The third kappa shape index (κ3) is 6.54. The molecule has 0 bridgehead atoms. The molecule has 0 fully saturated rings. The summed E-state index contributed by atoms with van der Waals surface area (Å²) >= 11 is 8.88. The summed E-state index contributed by atoms with van der Waals surface area (Å²) in [7, 11) is 0. The maximum absolute atomic E-state index is 13.7. The maximum Gasteiger partial charge on any atom is 0.267 e. The number of aryl methyl sites for hydroxylation is 2. The molecule has 2 aromatic carbocycles. The number of aromatic nitrogens is 2. The predicted octanol–water partition coefficient (Wildman–Crippen LogP) is 6.40. The van der Waals surface area contributed by atoms with E-state index < -0.39 is 0 Å². The zero-order valence-corrected chi connectivity index (χ0v) is 24.0. The number of nitrogens with zero attached hydrogens (tertiary/aromatic N) is 3. The summed E-state index contributed by atoms with van der Waals surface area (Å²) in [6.07, 6.45) is 7.88. The number of thioether (sulfide) groups is 1. The van der Waals surface area contributed by atoms with Crippen molar-refractivity contribution in [2.24, 2.45) is 5.10 Å². The van der Waals surface area contributed by atoms with Gasteiger partial charge in [0, 0.05) is 9.90 Å². The molecular formula is C29H29ClN4O3S2. The minimum absolute atomic E-state index is 0.0541. The van der Waals surface area contributed by atoms with E-state index in [0.717, 1.165) is 60.2 Å². The number of nitrogens with one attached hydrogen (secondary N) is 1. The number of carbonyl (C=O) groups excluding carboxylic acids is 1. The molecule has 0 spiro atoms. The summed E-state index contributed by atoms with van der Waals surface area (Å²) < 4.78 is 7.31. The minimum atomic E-state index is -0.294. The lowest BCUT2D eigenvalue weighted by molar-refractivity contribution is -0.118. The van der Waals surface area contributed by atoms with Crippen LogP contribution in [0, 0.1) is 0 Å². The summed E-state index contributed by atoms with van der Waals surface area (Å²) in [5.41, 5.74) is 5.08. The minimum Gasteiger partial charge on any atom is -0.494 e. The first-order valence-corrected chi connectivity index (χ1v) is 15.2. The molecule has 0 saturated heterocycles. The van der Waals surface area contributed by atoms with E-state index >= 15 is 0 Å². The zero-order chi connectivity index (χ0) is 27.2. The van der Waals surface area contributed by atoms with Crippen molar-refractivity contribution in [2.75, 3.05) is 12.4 Å². The van der Waals surface area contributed by atoms with Gasteiger partial charge in [0.2, 0.25) is 0 Å². The van der Waals surface area contributed by atoms with E-state index in [1.54, 1.807) is 46.4 Å². The van der Waals surface area contributed by atoms with E-state index in [2.05, 4.69) is 17.5 Å². The van der Waals surface area contributed by atoms with E-state index in [0.29, 0.717) is 27.9 Å². The Kier molecular flexibility index (Phi) is 9.01. The molecule has 39 heavy (non-hydrogen) atoms. The molecular weight excluding hydrogens is 552 g/mol. The fourth-order valence-electron chi connectivity index (χ4n) is 4.47. The number of amides is 1. The fraction of sp³-hybridized carbons (Fsp3) is 0.310. The molecule has 10 heteroatoms. The lowest BCUT2D eigenvalue weighted by Gasteiger charge is -2.12. The molecule has 1 N–H and O–H groups in total. The molecule has 2 heterocycles. The van der Waals surface area contributed by atoms with Crippen molar-refractivity contribution in [3.05, 3.63) is 79.9 Å². The summed E-state index contributed by atoms with van der Waals surface area (Å²) in [5.74, 6) is 0.576. The van der Waals surface area contributed by atoms with E-state index in [9.17, 15) is 9.59 Å². The zero-order valence-electron chi connectivity index (χ0n) is 21.6. The highest BCUT2D eigenvalue weighted by Crippen LogP contribution is 2.36. The summed E-state index contributed by atoms with van der Waals surface area (Å²) in [5, 5.41) is 5.82. The Bertz CT molecular complexity index is 1550. The molecule has 1 amide bonds. The number of benzene rings is 2. The van der Waals surface area contributed by atoms with Gasteiger partial charge < -0.3 is 4.74 Å². The number of rotatable bonds is 11. The van der Waals surface area contributed by atoms with Crippen LogP contribution in [0.1, 0.15) is 48.6 Å². The van der Waals surface area contributed by atoms with Gasteiger partial charge in [-0.25, -0.2) is 10.4 Å². The number of carbonyl (C=O) groups is 1. The van der Waals surface area contributed by atoms with Crippen LogP contribution in [0.5, 0.6) is 5.75 Å². The van der Waals surface area contributed by atoms with Crippen molar-refractivity contribution >= 4 is 57.0 Å². The van der Waals surface area contributed by atoms with Crippen molar-refractivity contribution < 1.29 is 9.53 Å². The Morgan fingerprint density at radius 3 is 2.74 bits per heavy atom. The summed E-state index contributed by atoms with van der Waals surface area (Å²) in [6, 6.07) is 14.6. The Morgan fingerprint density at radius 1 is 1.18 bits per heavy atom. The topological polar surface area (TPSA) is 85.6 Å². The maximum atomic E-state index is 13.7. The Hall–Kier alpha value is -3.14. The summed E-state index contributed by atoms with van der Waals surface area (Å²) in [4.78, 5) is 33.1. The van der Waals surface area contributed by atoms with Crippen LogP contribution in [0.2, 0.25) is 5.02 Å². The molecule has 2 aromatic heterocycles. The second kappa shape index (κ2) is 12.8. The molecule has 0 saturated carbocycles. The number of thiophene rings is 1. The molecule has 1 aliphatic carbocycles. The van der Waals surface area contributed by atoms with E-state index in [1.165, 1.54) is 16.6 Å². The third-order valence-corrected chi connectivity index (χ3v) is 8.80. The van der Waals surface area contributed by atoms with Gasteiger partial charge in [0.1, 0.15) is 10.6 Å². The number of hydrazone groups is 1. The van der Waals surface area contributed by atoms with Gasteiger partial charge in [-0.1, -0.05) is 43.1 Å². The molecule has 5 rings (SSSR count). The van der Waals surface area contributed by atoms with Gasteiger partial charge in [-0.15, -0.1) is 11.3 Å². The van der Waals surface area contributed by atoms with Gasteiger partial charge in [0.05, 0.1) is 29.6 Å². The molecule has 7 nitrogen and oxygen atoms in total. The first kappa shape index (κ1) is 27.4. The standard InChI is InChI=1S/C29H29ClN4O3S2/c1-2-3-4-16-37-22-14-8-19(9-15-22)17-31-33-25(35)18-38-29-32-27-26(23-6-5-7-24(23)39-27)28(36)34(29)21-12-10-20(30)11-13-21/h8-15,17H,2-7,16,18H2,1H3,(H,33,35). The number of unbranched alkanes of at least 4 members (excludes halogenated alkanes) is 2. The highest BCUT2D eigenvalue weighted by Gasteiger charge is 2.24. The van der Waals surface area contributed by atoms with Crippen LogP contribution in [-0.4, -0.2) is 34.0 Å². The first-order chi connectivity index (χ1) is 19.0. The van der Waals surface area contributed by atoms with Gasteiger partial charge >= 0.3 is 0 Å². The second-order valence-corrected chi connectivity index (χ2v) is 11.7. The van der Waals surface area contributed by atoms with Gasteiger partial charge in [0.15, 0.2) is 5.16 Å². The third-order valence-electron chi connectivity index (χ3n) is 6.42. The van der Waals surface area contributed by atoms with Crippen LogP contribution in [0.25, 0.3) is 15.9 Å². The number of hydrogen-bond donors (Lipinski definition) is 1. The first-order valence-electron chi connectivity index (χ1n) is 13.0. The Balaban J connectivity index is 1.26. The van der Waals surface area contributed by atoms with Crippen LogP contribution in [0.4, 0.5) is 0 Å². The molecule has 0 radical (unpaired) electrons. The van der Waals surface area contributed by atoms with Gasteiger partial charge in [-0.05, 0) is 85.3 Å². The molecule has 0 aliphatic heterocycles. The fourth-order valence-corrected chi connectivity index (χ4v) is 6.71. The smallest absolute Gasteiger partial charge is 0.267 e. The van der Waals surface area contributed by atoms with Crippen molar-refractivity contribution in [1.82, 2.24) is 15.0 Å². The highest BCUT2D eigenvalue weighted by molar-refractivity contribution is 7.99. The van der Waals surface area contributed by atoms with Gasteiger partial charge in [-0.2, -0.15) is 5.10 Å². The van der Waals surface area contributed by atoms with Crippen molar-refractivity contribution in [1.29, 1.82) is 0 Å². The van der Waals surface area contributed by atoms with Crippen molar-refractivity contribution in [3.63, 3.8) is 0 Å². The van der Waals surface area contributed by atoms with Crippen LogP contribution >= 0.6 is 34.7 Å². The Morgan fingerprint density at radius 2 is 1.97 bits per heavy atom. The lowest BCUT2D eigenvalue weighted by atomic mass is 10.2. The van der Waals surface area contributed by atoms with E-state index in [-0.39, 0.29) is 17.2 Å². The lowest BCUT2D eigenvalue weighted by Crippen LogP contribution is -2.24. The average Bonchev–Trinajstić information content (AvgIpc) is 3.53. The number of fused-ring (bicyclic) bond motifs is 3. The van der Waals surface area contributed by atoms with Gasteiger partial charge in [-0.3, -0.25) is 14.2 Å². The quantitative estimate of drug-likeness (QED) is 0.0729. The van der Waals surface area contributed by atoms with E-state index in [4.69, 9.17) is 21.3 Å². The van der Waals surface area contributed by atoms with E-state index in [1.807, 2.05) is 24.3 Å². The molecule has 1 aliphatic rings. The number of ether oxygens (including phenoxy) is 1. The van der Waals surface area contributed by atoms with Gasteiger partial charge in [0.25, 0.3) is 11.5 Å². The van der Waals surface area contributed by atoms with Crippen LogP contribution < -0.4 is 15.7 Å². The van der Waals surface area contributed by atoms with Crippen LogP contribution in [0.3, 0.4) is 0 Å². The molecule has 4 aromatic rings. The molecule has 0 unspecified atom stereocenters. The summed E-state index contributed by atoms with van der Waals surface area (Å²) in [6.45, 7) is 2.87. The highest BCUT2D eigenvalue weighted by atomic mass is 35.5. The van der Waals surface area contributed by atoms with Crippen molar-refractivity contribution in [2.45, 2.75) is 50.6 Å². The average molecular weight is 581 g/mol. The number of hydrogen-bond acceptors (Lipinski definition) is 7. The molecule has 202 valence electrons. The SMILES string of the molecule is CCCCCOc1ccc(C=NNC(=O)CSc2nc3sc4c(c3c(=O)n2-c2ccc(Cl)cc2)CCC4)cc1. The Labute approximate surface area is 240 Å². The normalized spacial score (nSPS) is 12.8. The van der Waals surface area contributed by atoms with Crippen LogP contribution in [-0.2, 0) is 17.6 Å². The molecule has 0 atom stereocenters. The monoisotopic (exact) mass is 580 g/mol. The predicted molar refractivity (Wildman–Crippen MR) is 160 cm³/mol. The second-order valence-electron chi connectivity index (χ2n) is 9.26. The van der Waals surface area contributed by atoms with Crippen molar-refractivity contribution in [3.8, 4) is 11.4 Å². The van der Waals surface area contributed by atoms with Crippen LogP contribution in [0.15, 0.2) is 63.6 Å². The number of halogens is 1. The largest absolute Gasteiger partial charge is 0.494 e.